The summed E-state index contributed by atoms with van der Waals surface area (Å²) in [5, 5.41) is 3.89. The lowest BCUT2D eigenvalue weighted by Crippen LogP contribution is -2.36. The fourth-order valence-corrected chi connectivity index (χ4v) is 4.03. The molecule has 0 bridgehead atoms. The monoisotopic (exact) mass is 535 g/mol. The molecule has 0 spiro atoms. The largest absolute Gasteiger partial charge is 0.489 e. The second-order valence-corrected chi connectivity index (χ2v) is 10.7. The van der Waals surface area contributed by atoms with Gasteiger partial charge in [0.2, 0.25) is 11.7 Å². The number of hydrogen-bond donors (Lipinski definition) is 0. The average molecular weight is 536 g/mol. The molecule has 10 heteroatoms. The van der Waals surface area contributed by atoms with Crippen LogP contribution in [0.1, 0.15) is 84.7 Å². The van der Waals surface area contributed by atoms with Gasteiger partial charge in [-0.1, -0.05) is 22.4 Å². The van der Waals surface area contributed by atoms with Gasteiger partial charge in [-0.05, 0) is 91.5 Å². The summed E-state index contributed by atoms with van der Waals surface area (Å²) in [5.41, 5.74) is 0.811. The minimum Gasteiger partial charge on any atom is -0.489 e. The Hall–Kier alpha value is -3.30. The van der Waals surface area contributed by atoms with Gasteiger partial charge in [0, 0.05) is 12.1 Å². The van der Waals surface area contributed by atoms with Crippen LogP contribution in [0.4, 0.5) is 18.0 Å². The zero-order valence-corrected chi connectivity index (χ0v) is 22.8. The molecule has 1 aliphatic heterocycles. The molecule has 2 heterocycles. The van der Waals surface area contributed by atoms with Crippen LogP contribution in [0.2, 0.25) is 0 Å². The predicted octanol–water partition coefficient (Wildman–Crippen LogP) is 7.90. The Morgan fingerprint density at radius 2 is 1.92 bits per heavy atom. The highest BCUT2D eigenvalue weighted by atomic mass is 19.4. The molecule has 7 nitrogen and oxygen atoms in total. The van der Waals surface area contributed by atoms with E-state index in [2.05, 4.69) is 16.2 Å². The molecule has 1 aromatic carbocycles. The van der Waals surface area contributed by atoms with Gasteiger partial charge in [-0.2, -0.15) is 18.2 Å². The van der Waals surface area contributed by atoms with Gasteiger partial charge >= 0.3 is 12.3 Å². The third kappa shape index (κ3) is 8.10. The molecule has 1 aliphatic rings. The SMILES string of the molecule is CC(C)=CCC/C(C)=C/COc1ccc(-c2noc([C@@H]3CCCN3C(=O)OC(C)(C)C)n2)cc1C(F)(F)F. The maximum Gasteiger partial charge on any atom is 0.419 e. The van der Waals surface area contributed by atoms with Crippen LogP contribution in [0.25, 0.3) is 11.4 Å². The molecule has 2 aromatic rings. The average Bonchev–Trinajstić information content (AvgIpc) is 3.47. The second kappa shape index (κ2) is 12.0. The van der Waals surface area contributed by atoms with E-state index in [1.807, 2.05) is 20.8 Å². The Kier molecular flexibility index (Phi) is 9.27. The Morgan fingerprint density at radius 1 is 1.18 bits per heavy atom. The Balaban J connectivity index is 1.76. The number of hydrogen-bond acceptors (Lipinski definition) is 6. The van der Waals surface area contributed by atoms with Crippen molar-refractivity contribution in [3.63, 3.8) is 0 Å². The number of benzene rings is 1. The van der Waals surface area contributed by atoms with Gasteiger partial charge in [0.25, 0.3) is 0 Å². The molecule has 0 unspecified atom stereocenters. The summed E-state index contributed by atoms with van der Waals surface area (Å²) in [5.74, 6) is -0.112. The number of nitrogens with zero attached hydrogens (tertiary/aromatic N) is 3. The number of carbonyl (C=O) groups excluding carboxylic acids is 1. The molecule has 1 aromatic heterocycles. The first-order valence-corrected chi connectivity index (χ1v) is 12.7. The fraction of sp³-hybridized carbons (Fsp3) is 0.536. The maximum atomic E-state index is 13.9. The number of allylic oxidation sites excluding steroid dienone is 3. The summed E-state index contributed by atoms with van der Waals surface area (Å²) < 4.78 is 57.9. The van der Waals surface area contributed by atoms with Crippen LogP contribution in [0.15, 0.2) is 46.0 Å². The number of halogens is 3. The van der Waals surface area contributed by atoms with Gasteiger partial charge in [-0.15, -0.1) is 0 Å². The van der Waals surface area contributed by atoms with Crippen molar-refractivity contribution in [2.75, 3.05) is 13.2 Å². The van der Waals surface area contributed by atoms with Crippen LogP contribution in [-0.4, -0.2) is 39.9 Å². The first kappa shape index (κ1) is 29.3. The van der Waals surface area contributed by atoms with Crippen LogP contribution in [-0.2, 0) is 10.9 Å². The Morgan fingerprint density at radius 3 is 2.58 bits per heavy atom. The van der Waals surface area contributed by atoms with Crippen molar-refractivity contribution in [2.45, 2.75) is 85.0 Å². The van der Waals surface area contributed by atoms with E-state index in [9.17, 15) is 18.0 Å². The zero-order chi connectivity index (χ0) is 28.1. The number of alkyl halides is 3. The van der Waals surface area contributed by atoms with E-state index in [0.717, 1.165) is 30.9 Å². The van der Waals surface area contributed by atoms with E-state index in [1.54, 1.807) is 26.8 Å². The lowest BCUT2D eigenvalue weighted by atomic mass is 10.1. The quantitative estimate of drug-likeness (QED) is 0.320. The summed E-state index contributed by atoms with van der Waals surface area (Å²) in [6.45, 7) is 11.8. The second-order valence-electron chi connectivity index (χ2n) is 10.7. The van der Waals surface area contributed by atoms with E-state index in [0.29, 0.717) is 13.0 Å². The van der Waals surface area contributed by atoms with Crippen molar-refractivity contribution in [1.29, 1.82) is 0 Å². The van der Waals surface area contributed by atoms with Gasteiger partial charge in [0.1, 0.15) is 24.0 Å². The van der Waals surface area contributed by atoms with Crippen LogP contribution in [0, 0.1) is 0 Å². The smallest absolute Gasteiger partial charge is 0.419 e. The molecule has 1 atom stereocenters. The normalized spacial score (nSPS) is 16.5. The summed E-state index contributed by atoms with van der Waals surface area (Å²) in [6.07, 6.45) is 1.75. The standard InChI is InChI=1S/C28H36F3N3O4/c1-18(2)9-7-10-19(3)14-16-36-23-13-12-20(17-21(23)28(29,30)31)24-32-25(38-33-24)22-11-8-15-34(22)26(35)37-27(4,5)6/h9,12-14,17,22H,7-8,10-11,15-16H2,1-6H3/b19-14+/t22-/m0/s1. The van der Waals surface area contributed by atoms with Crippen molar-refractivity contribution >= 4 is 6.09 Å². The molecule has 0 saturated carbocycles. The number of likely N-dealkylation sites (tertiary alicyclic amines) is 1. The number of rotatable bonds is 8. The molecule has 1 saturated heterocycles. The van der Waals surface area contributed by atoms with Crippen molar-refractivity contribution in [2.24, 2.45) is 0 Å². The van der Waals surface area contributed by atoms with E-state index < -0.39 is 29.5 Å². The molecule has 1 fully saturated rings. The van der Waals surface area contributed by atoms with Crippen molar-refractivity contribution in [3.05, 3.63) is 53.0 Å². The summed E-state index contributed by atoms with van der Waals surface area (Å²) >= 11 is 0. The first-order valence-electron chi connectivity index (χ1n) is 12.7. The molecular weight excluding hydrogens is 499 g/mol. The number of carbonyl (C=O) groups is 1. The van der Waals surface area contributed by atoms with Gasteiger partial charge in [-0.3, -0.25) is 4.90 Å². The fourth-order valence-electron chi connectivity index (χ4n) is 4.03. The molecule has 3 rings (SSSR count). The van der Waals surface area contributed by atoms with E-state index in [-0.39, 0.29) is 29.6 Å². The highest BCUT2D eigenvalue weighted by molar-refractivity contribution is 5.69. The van der Waals surface area contributed by atoms with Crippen molar-refractivity contribution < 1.29 is 32.0 Å². The molecular formula is C28H36F3N3O4. The summed E-state index contributed by atoms with van der Waals surface area (Å²) in [4.78, 5) is 18.4. The van der Waals surface area contributed by atoms with Gasteiger partial charge in [-0.25, -0.2) is 4.79 Å². The lowest BCUT2D eigenvalue weighted by Gasteiger charge is -2.26. The minimum absolute atomic E-state index is 0.00287. The molecule has 1 amide bonds. The lowest BCUT2D eigenvalue weighted by molar-refractivity contribution is -0.138. The summed E-state index contributed by atoms with van der Waals surface area (Å²) in [7, 11) is 0. The van der Waals surface area contributed by atoms with E-state index in [4.69, 9.17) is 14.0 Å². The molecule has 0 radical (unpaired) electrons. The number of ether oxygens (including phenoxy) is 2. The molecule has 0 aliphatic carbocycles. The zero-order valence-electron chi connectivity index (χ0n) is 22.8. The van der Waals surface area contributed by atoms with Crippen LogP contribution in [0.3, 0.4) is 0 Å². The van der Waals surface area contributed by atoms with Crippen molar-refractivity contribution in [3.8, 4) is 17.1 Å². The maximum absolute atomic E-state index is 13.9. The minimum atomic E-state index is -4.64. The molecule has 0 N–H and O–H groups in total. The predicted molar refractivity (Wildman–Crippen MR) is 138 cm³/mol. The summed E-state index contributed by atoms with van der Waals surface area (Å²) in [6, 6.07) is 3.19. The van der Waals surface area contributed by atoms with E-state index >= 15 is 0 Å². The number of aromatic nitrogens is 2. The molecule has 208 valence electrons. The van der Waals surface area contributed by atoms with Crippen LogP contribution < -0.4 is 4.74 Å². The topological polar surface area (TPSA) is 77.7 Å². The highest BCUT2D eigenvalue weighted by Gasteiger charge is 2.38. The number of amides is 1. The first-order chi connectivity index (χ1) is 17.7. The highest BCUT2D eigenvalue weighted by Crippen LogP contribution is 2.39. The van der Waals surface area contributed by atoms with Crippen molar-refractivity contribution in [1.82, 2.24) is 15.0 Å². The Labute approximate surface area is 221 Å². The molecule has 38 heavy (non-hydrogen) atoms. The van der Waals surface area contributed by atoms with Crippen LogP contribution >= 0.6 is 0 Å². The van der Waals surface area contributed by atoms with E-state index in [1.165, 1.54) is 22.6 Å². The third-order valence-corrected chi connectivity index (χ3v) is 5.91. The Bertz CT molecular complexity index is 1170. The van der Waals surface area contributed by atoms with Gasteiger partial charge in [0.15, 0.2) is 0 Å². The third-order valence-electron chi connectivity index (χ3n) is 5.91. The van der Waals surface area contributed by atoms with Crippen LogP contribution in [0.5, 0.6) is 5.75 Å². The van der Waals surface area contributed by atoms with Gasteiger partial charge < -0.3 is 14.0 Å². The van der Waals surface area contributed by atoms with Gasteiger partial charge in [0.05, 0.1) is 5.56 Å².